The summed E-state index contributed by atoms with van der Waals surface area (Å²) in [6, 6.07) is 9.37. The predicted octanol–water partition coefficient (Wildman–Crippen LogP) is 4.63. The molecule has 0 aliphatic rings. The van der Waals surface area contributed by atoms with E-state index in [1.54, 1.807) is 6.20 Å². The zero-order valence-electron chi connectivity index (χ0n) is 10.8. The van der Waals surface area contributed by atoms with Crippen LogP contribution in [-0.2, 0) is 6.42 Å². The zero-order chi connectivity index (χ0) is 15.0. The number of nitrogens with one attached hydrogen (secondary N) is 1. The Labute approximate surface area is 127 Å². The van der Waals surface area contributed by atoms with Gasteiger partial charge in [0.15, 0.2) is 17.4 Å². The summed E-state index contributed by atoms with van der Waals surface area (Å²) >= 11 is 3.35. The summed E-state index contributed by atoms with van der Waals surface area (Å²) in [4.78, 5) is 15.3. The van der Waals surface area contributed by atoms with Gasteiger partial charge in [0.25, 0.3) is 0 Å². The third kappa shape index (κ3) is 2.61. The molecule has 1 N–H and O–H groups in total. The summed E-state index contributed by atoms with van der Waals surface area (Å²) in [5, 5.41) is 0.756. The molecule has 5 heteroatoms. The van der Waals surface area contributed by atoms with Gasteiger partial charge in [0.05, 0.1) is 0 Å². The minimum Gasteiger partial charge on any atom is -0.360 e. The monoisotopic (exact) mass is 349 g/mol. The molecular weight excluding hydrogens is 340 g/mol. The normalized spacial score (nSPS) is 11.0. The van der Waals surface area contributed by atoms with Gasteiger partial charge in [-0.1, -0.05) is 28.1 Å². The van der Waals surface area contributed by atoms with Crippen LogP contribution in [0.5, 0.6) is 0 Å². The van der Waals surface area contributed by atoms with Crippen LogP contribution in [0.15, 0.2) is 47.1 Å². The lowest BCUT2D eigenvalue weighted by atomic mass is 10.0. The second kappa shape index (κ2) is 5.41. The van der Waals surface area contributed by atoms with E-state index in [0.29, 0.717) is 5.56 Å². The number of rotatable bonds is 3. The van der Waals surface area contributed by atoms with E-state index in [2.05, 4.69) is 20.9 Å². The third-order valence-corrected chi connectivity index (χ3v) is 3.82. The quantitative estimate of drug-likeness (QED) is 0.686. The van der Waals surface area contributed by atoms with E-state index < -0.39 is 11.6 Å². The fourth-order valence-corrected chi connectivity index (χ4v) is 2.64. The van der Waals surface area contributed by atoms with Crippen molar-refractivity contribution in [3.8, 4) is 0 Å². The second-order valence-corrected chi connectivity index (χ2v) is 5.62. The number of carbonyl (C=O) groups is 1. The van der Waals surface area contributed by atoms with Crippen molar-refractivity contribution in [2.24, 2.45) is 0 Å². The van der Waals surface area contributed by atoms with Crippen molar-refractivity contribution in [2.75, 3.05) is 0 Å². The highest BCUT2D eigenvalue weighted by Gasteiger charge is 2.16. The van der Waals surface area contributed by atoms with E-state index in [0.717, 1.165) is 21.4 Å². The Balaban J connectivity index is 1.97. The molecular formula is C16H10BrF2NO. The Bertz CT molecular complexity index is 841. The SMILES string of the molecule is O=C(Cc1cccc(F)c1F)c1c[nH]c2ccc(Br)cc12. The summed E-state index contributed by atoms with van der Waals surface area (Å²) in [5.41, 5.74) is 1.35. The fraction of sp³-hybridized carbons (Fsp3) is 0.0625. The van der Waals surface area contributed by atoms with Gasteiger partial charge < -0.3 is 4.98 Å². The van der Waals surface area contributed by atoms with Crippen LogP contribution in [0.3, 0.4) is 0 Å². The van der Waals surface area contributed by atoms with Crippen LogP contribution in [0, 0.1) is 11.6 Å². The molecule has 0 bridgehead atoms. The minimum atomic E-state index is -0.966. The van der Waals surface area contributed by atoms with Crippen molar-refractivity contribution in [2.45, 2.75) is 6.42 Å². The first-order valence-electron chi connectivity index (χ1n) is 6.29. The van der Waals surface area contributed by atoms with E-state index in [9.17, 15) is 13.6 Å². The molecule has 3 aromatic rings. The number of hydrogen-bond donors (Lipinski definition) is 1. The molecule has 0 aliphatic carbocycles. The van der Waals surface area contributed by atoms with Crippen molar-refractivity contribution >= 4 is 32.6 Å². The van der Waals surface area contributed by atoms with Crippen LogP contribution in [0.1, 0.15) is 15.9 Å². The number of Topliss-reactive ketones (excluding diaryl/α,β-unsaturated/α-hetero) is 1. The van der Waals surface area contributed by atoms with Crippen LogP contribution >= 0.6 is 15.9 Å². The van der Waals surface area contributed by atoms with Crippen molar-refractivity contribution in [1.82, 2.24) is 4.98 Å². The molecule has 0 unspecified atom stereocenters. The van der Waals surface area contributed by atoms with E-state index in [1.165, 1.54) is 12.1 Å². The first-order valence-corrected chi connectivity index (χ1v) is 7.08. The molecule has 1 aromatic heterocycles. The molecule has 3 rings (SSSR count). The largest absolute Gasteiger partial charge is 0.360 e. The summed E-state index contributed by atoms with van der Waals surface area (Å²) in [7, 11) is 0. The number of ketones is 1. The molecule has 0 aliphatic heterocycles. The Morgan fingerprint density at radius 1 is 1.19 bits per heavy atom. The minimum absolute atomic E-state index is 0.0596. The highest BCUT2D eigenvalue weighted by Crippen LogP contribution is 2.24. The molecule has 1 heterocycles. The maximum atomic E-state index is 13.6. The Hall–Kier alpha value is -2.01. The van der Waals surface area contributed by atoms with E-state index in [4.69, 9.17) is 0 Å². The Kier molecular flexibility index (Phi) is 3.59. The van der Waals surface area contributed by atoms with Gasteiger partial charge in [0, 0.05) is 33.6 Å². The summed E-state index contributed by atoms with van der Waals surface area (Å²) < 4.78 is 27.7. The third-order valence-electron chi connectivity index (χ3n) is 3.33. The average Bonchev–Trinajstić information content (AvgIpc) is 2.87. The molecule has 0 atom stereocenters. The highest BCUT2D eigenvalue weighted by atomic mass is 79.9. The Morgan fingerprint density at radius 3 is 2.81 bits per heavy atom. The van der Waals surface area contributed by atoms with Gasteiger partial charge in [-0.15, -0.1) is 0 Å². The standard InChI is InChI=1S/C16H10BrF2NO/c17-10-4-5-14-11(7-10)12(8-20-14)15(21)6-9-2-1-3-13(18)16(9)19/h1-5,7-8,20H,6H2. The number of hydrogen-bond acceptors (Lipinski definition) is 1. The highest BCUT2D eigenvalue weighted by molar-refractivity contribution is 9.10. The summed E-state index contributed by atoms with van der Waals surface area (Å²) in [5.74, 6) is -2.17. The van der Waals surface area contributed by atoms with Gasteiger partial charge in [0.1, 0.15) is 0 Å². The summed E-state index contributed by atoms with van der Waals surface area (Å²) in [6.07, 6.45) is 1.42. The molecule has 106 valence electrons. The van der Waals surface area contributed by atoms with Gasteiger partial charge >= 0.3 is 0 Å². The van der Waals surface area contributed by atoms with E-state index in [1.807, 2.05) is 18.2 Å². The number of carbonyl (C=O) groups excluding carboxylic acids is 1. The molecule has 2 nitrogen and oxygen atoms in total. The molecule has 0 amide bonds. The number of fused-ring (bicyclic) bond motifs is 1. The number of halogens is 3. The molecule has 0 saturated carbocycles. The van der Waals surface area contributed by atoms with Crippen molar-refractivity contribution < 1.29 is 13.6 Å². The maximum absolute atomic E-state index is 13.6. The lowest BCUT2D eigenvalue weighted by molar-refractivity contribution is 0.0993. The number of aromatic amines is 1. The van der Waals surface area contributed by atoms with Crippen molar-refractivity contribution in [3.05, 3.63) is 69.8 Å². The van der Waals surface area contributed by atoms with Gasteiger partial charge in [-0.05, 0) is 29.8 Å². The van der Waals surface area contributed by atoms with Gasteiger partial charge in [-0.2, -0.15) is 0 Å². The van der Waals surface area contributed by atoms with Crippen molar-refractivity contribution in [3.63, 3.8) is 0 Å². The van der Waals surface area contributed by atoms with E-state index in [-0.39, 0.29) is 17.8 Å². The van der Waals surface area contributed by atoms with Crippen LogP contribution in [-0.4, -0.2) is 10.8 Å². The van der Waals surface area contributed by atoms with Gasteiger partial charge in [-0.25, -0.2) is 8.78 Å². The summed E-state index contributed by atoms with van der Waals surface area (Å²) in [6.45, 7) is 0. The maximum Gasteiger partial charge on any atom is 0.169 e. The first-order chi connectivity index (χ1) is 10.1. The van der Waals surface area contributed by atoms with Gasteiger partial charge in [0.2, 0.25) is 0 Å². The number of benzene rings is 2. The second-order valence-electron chi connectivity index (χ2n) is 4.71. The number of H-pyrrole nitrogens is 1. The number of aromatic nitrogens is 1. The lowest BCUT2D eigenvalue weighted by Crippen LogP contribution is -2.05. The fourth-order valence-electron chi connectivity index (χ4n) is 2.28. The predicted molar refractivity (Wildman–Crippen MR) is 80.4 cm³/mol. The van der Waals surface area contributed by atoms with Crippen molar-refractivity contribution in [1.29, 1.82) is 0 Å². The van der Waals surface area contributed by atoms with Crippen LogP contribution in [0.25, 0.3) is 10.9 Å². The van der Waals surface area contributed by atoms with Crippen LogP contribution in [0.4, 0.5) is 8.78 Å². The van der Waals surface area contributed by atoms with Crippen LogP contribution in [0.2, 0.25) is 0 Å². The molecule has 0 radical (unpaired) electrons. The zero-order valence-corrected chi connectivity index (χ0v) is 12.4. The topological polar surface area (TPSA) is 32.9 Å². The first kappa shape index (κ1) is 13.9. The smallest absolute Gasteiger partial charge is 0.169 e. The lowest BCUT2D eigenvalue weighted by Gasteiger charge is -2.03. The van der Waals surface area contributed by atoms with Crippen LogP contribution < -0.4 is 0 Å². The molecule has 0 spiro atoms. The Morgan fingerprint density at radius 2 is 2.00 bits per heavy atom. The average molecular weight is 350 g/mol. The van der Waals surface area contributed by atoms with E-state index >= 15 is 0 Å². The molecule has 2 aromatic carbocycles. The molecule has 0 saturated heterocycles. The van der Waals surface area contributed by atoms with Gasteiger partial charge in [-0.3, -0.25) is 4.79 Å². The molecule has 21 heavy (non-hydrogen) atoms. The molecule has 0 fully saturated rings.